The molecular weight excluding hydrogens is 410 g/mol. The Balaban J connectivity index is 1.51. The van der Waals surface area contributed by atoms with Gasteiger partial charge in [-0.3, -0.25) is 15.6 Å². The summed E-state index contributed by atoms with van der Waals surface area (Å²) in [4.78, 5) is 25.1. The highest BCUT2D eigenvalue weighted by Gasteiger charge is 2.13. The molecule has 0 aliphatic carbocycles. The molecule has 2 aromatic heterocycles. The van der Waals surface area contributed by atoms with Crippen molar-refractivity contribution in [2.75, 3.05) is 16.5 Å². The van der Waals surface area contributed by atoms with E-state index in [1.54, 1.807) is 24.3 Å². The number of carbonyl (C=O) groups is 1. The Morgan fingerprint density at radius 3 is 2.72 bits per heavy atom. The number of para-hydroxylation sites is 1. The lowest BCUT2D eigenvalue weighted by molar-refractivity contribution is 0.0962. The molecule has 0 unspecified atom stereocenters. The number of benzene rings is 2. The van der Waals surface area contributed by atoms with Crippen molar-refractivity contribution in [1.82, 2.24) is 20.4 Å². The van der Waals surface area contributed by atoms with E-state index < -0.39 is 0 Å². The molecule has 0 saturated heterocycles. The smallest absolute Gasteiger partial charge is 0.269 e. The molecule has 10 heteroatoms. The quantitative estimate of drug-likeness (QED) is 0.355. The number of nitrogen functional groups attached to an aromatic ring is 1. The van der Waals surface area contributed by atoms with Crippen molar-refractivity contribution in [2.24, 2.45) is 0 Å². The van der Waals surface area contributed by atoms with Crippen molar-refractivity contribution in [3.63, 3.8) is 0 Å². The zero-order valence-corrected chi connectivity index (χ0v) is 16.8. The summed E-state index contributed by atoms with van der Waals surface area (Å²) in [7, 11) is 0. The van der Waals surface area contributed by atoms with Gasteiger partial charge in [0.05, 0.1) is 10.2 Å². The SMILES string of the molecule is Cc1cccc2sc(Nc3ncnc(NNC(=O)c4cccc(Cl)c4)c3N)nc12. The van der Waals surface area contributed by atoms with E-state index in [0.717, 1.165) is 15.8 Å². The van der Waals surface area contributed by atoms with E-state index in [2.05, 4.69) is 31.1 Å². The number of nitrogens with two attached hydrogens (primary N) is 1. The Kier molecular flexibility index (Phi) is 5.15. The highest BCUT2D eigenvalue weighted by molar-refractivity contribution is 7.22. The van der Waals surface area contributed by atoms with E-state index in [1.165, 1.54) is 17.7 Å². The first-order chi connectivity index (χ1) is 14.0. The minimum absolute atomic E-state index is 0.245. The van der Waals surface area contributed by atoms with Gasteiger partial charge in [0.25, 0.3) is 5.91 Å². The second kappa shape index (κ2) is 7.90. The molecule has 0 aliphatic heterocycles. The van der Waals surface area contributed by atoms with Crippen molar-refractivity contribution in [3.8, 4) is 0 Å². The van der Waals surface area contributed by atoms with Gasteiger partial charge in [0.2, 0.25) is 0 Å². The summed E-state index contributed by atoms with van der Waals surface area (Å²) < 4.78 is 1.06. The zero-order valence-electron chi connectivity index (χ0n) is 15.2. The van der Waals surface area contributed by atoms with Gasteiger partial charge in [-0.1, -0.05) is 41.1 Å². The van der Waals surface area contributed by atoms with E-state index >= 15 is 0 Å². The molecule has 0 aliphatic rings. The fourth-order valence-electron chi connectivity index (χ4n) is 2.65. The van der Waals surface area contributed by atoms with Crippen LogP contribution in [0.4, 0.5) is 22.5 Å². The first-order valence-corrected chi connectivity index (χ1v) is 9.76. The van der Waals surface area contributed by atoms with Gasteiger partial charge in [-0.2, -0.15) is 0 Å². The summed E-state index contributed by atoms with van der Waals surface area (Å²) in [5, 5.41) is 4.25. The lowest BCUT2D eigenvalue weighted by Crippen LogP contribution is -2.30. The van der Waals surface area contributed by atoms with Gasteiger partial charge in [-0.05, 0) is 36.8 Å². The molecule has 8 nitrogen and oxygen atoms in total. The molecular formula is C19H16ClN7OS. The zero-order chi connectivity index (χ0) is 20.4. The summed E-state index contributed by atoms with van der Waals surface area (Å²) >= 11 is 7.41. The van der Waals surface area contributed by atoms with Crippen molar-refractivity contribution in [2.45, 2.75) is 6.92 Å². The molecule has 4 aromatic rings. The molecule has 0 fully saturated rings. The Morgan fingerprint density at radius 2 is 1.93 bits per heavy atom. The number of fused-ring (bicyclic) bond motifs is 1. The predicted octanol–water partition coefficient (Wildman–Crippen LogP) is 4.13. The Labute approximate surface area is 175 Å². The van der Waals surface area contributed by atoms with Crippen LogP contribution in [0.3, 0.4) is 0 Å². The lowest BCUT2D eigenvalue weighted by Gasteiger charge is -2.12. The molecule has 0 saturated carbocycles. The van der Waals surface area contributed by atoms with Crippen LogP contribution in [0.15, 0.2) is 48.8 Å². The van der Waals surface area contributed by atoms with Crippen LogP contribution >= 0.6 is 22.9 Å². The molecule has 29 heavy (non-hydrogen) atoms. The molecule has 5 N–H and O–H groups in total. The monoisotopic (exact) mass is 425 g/mol. The van der Waals surface area contributed by atoms with Gasteiger partial charge < -0.3 is 11.1 Å². The minimum atomic E-state index is -0.373. The fourth-order valence-corrected chi connectivity index (χ4v) is 3.79. The third-order valence-electron chi connectivity index (χ3n) is 4.11. The second-order valence-corrected chi connectivity index (χ2v) is 7.61. The third kappa shape index (κ3) is 4.05. The fraction of sp³-hybridized carbons (Fsp3) is 0.0526. The summed E-state index contributed by atoms with van der Waals surface area (Å²) in [6, 6.07) is 12.6. The number of anilines is 4. The van der Waals surface area contributed by atoms with Crippen molar-refractivity contribution < 1.29 is 4.79 Å². The molecule has 2 aromatic carbocycles. The first-order valence-electron chi connectivity index (χ1n) is 8.57. The summed E-state index contributed by atoms with van der Waals surface area (Å²) in [6.45, 7) is 2.01. The second-order valence-electron chi connectivity index (χ2n) is 6.14. The maximum atomic E-state index is 12.2. The van der Waals surface area contributed by atoms with Crippen LogP contribution < -0.4 is 21.9 Å². The Hall–Kier alpha value is -3.43. The summed E-state index contributed by atoms with van der Waals surface area (Å²) in [5.41, 5.74) is 14.1. The van der Waals surface area contributed by atoms with Crippen LogP contribution in [0.2, 0.25) is 5.02 Å². The van der Waals surface area contributed by atoms with E-state index in [4.69, 9.17) is 17.3 Å². The van der Waals surface area contributed by atoms with Crippen LogP contribution in [0.5, 0.6) is 0 Å². The predicted molar refractivity (Wildman–Crippen MR) is 117 cm³/mol. The number of aryl methyl sites for hydroxylation is 1. The highest BCUT2D eigenvalue weighted by Crippen LogP contribution is 2.32. The molecule has 4 rings (SSSR count). The van der Waals surface area contributed by atoms with Gasteiger partial charge in [0.1, 0.15) is 12.0 Å². The van der Waals surface area contributed by atoms with E-state index in [1.807, 2.05) is 25.1 Å². The van der Waals surface area contributed by atoms with Crippen molar-refractivity contribution in [1.29, 1.82) is 0 Å². The molecule has 2 heterocycles. The highest BCUT2D eigenvalue weighted by atomic mass is 35.5. The molecule has 0 bridgehead atoms. The van der Waals surface area contributed by atoms with Gasteiger partial charge in [-0.25, -0.2) is 15.0 Å². The molecule has 0 atom stereocenters. The number of thiazole rings is 1. The third-order valence-corrected chi connectivity index (χ3v) is 5.28. The maximum absolute atomic E-state index is 12.2. The number of hydrogen-bond acceptors (Lipinski definition) is 8. The van der Waals surface area contributed by atoms with E-state index in [-0.39, 0.29) is 17.4 Å². The number of rotatable bonds is 5. The van der Waals surface area contributed by atoms with E-state index in [9.17, 15) is 4.79 Å². The molecule has 146 valence electrons. The van der Waals surface area contributed by atoms with Gasteiger partial charge in [0.15, 0.2) is 16.8 Å². The van der Waals surface area contributed by atoms with Crippen molar-refractivity contribution >= 4 is 61.5 Å². The largest absolute Gasteiger partial charge is 0.393 e. The standard InChI is InChI=1S/C19H16ClN7OS/c1-10-4-2-7-13-15(10)24-19(29-13)25-16-14(21)17(23-9-22-16)26-27-18(28)11-5-3-6-12(20)8-11/h2-9H,21H2,1H3,(H,27,28)(H2,22,23,24,25,26). The average Bonchev–Trinajstić information content (AvgIpc) is 3.12. The normalized spacial score (nSPS) is 10.7. The number of aromatic nitrogens is 3. The maximum Gasteiger partial charge on any atom is 0.269 e. The molecule has 0 spiro atoms. The Bertz CT molecular complexity index is 1210. The number of nitrogens with zero attached hydrogens (tertiary/aromatic N) is 3. The lowest BCUT2D eigenvalue weighted by atomic mass is 10.2. The number of nitrogens with one attached hydrogen (secondary N) is 3. The van der Waals surface area contributed by atoms with E-state index in [0.29, 0.717) is 21.5 Å². The van der Waals surface area contributed by atoms with Crippen LogP contribution in [0.25, 0.3) is 10.2 Å². The van der Waals surface area contributed by atoms with Gasteiger partial charge in [0, 0.05) is 10.6 Å². The van der Waals surface area contributed by atoms with Crippen LogP contribution in [-0.4, -0.2) is 20.9 Å². The first kappa shape index (κ1) is 18.9. The number of amides is 1. The summed E-state index contributed by atoms with van der Waals surface area (Å²) in [5.74, 6) is 0.271. The number of hydrogen-bond donors (Lipinski definition) is 4. The van der Waals surface area contributed by atoms with Crippen molar-refractivity contribution in [3.05, 3.63) is 64.9 Å². The number of hydrazine groups is 1. The minimum Gasteiger partial charge on any atom is -0.393 e. The number of carbonyl (C=O) groups excluding carboxylic acids is 1. The average molecular weight is 426 g/mol. The molecule has 0 radical (unpaired) electrons. The summed E-state index contributed by atoms with van der Waals surface area (Å²) in [6.07, 6.45) is 1.34. The van der Waals surface area contributed by atoms with Gasteiger partial charge >= 0.3 is 0 Å². The molecule has 1 amide bonds. The van der Waals surface area contributed by atoms with Crippen LogP contribution in [0.1, 0.15) is 15.9 Å². The van der Waals surface area contributed by atoms with Gasteiger partial charge in [-0.15, -0.1) is 0 Å². The Morgan fingerprint density at radius 1 is 1.14 bits per heavy atom. The topological polar surface area (TPSA) is 118 Å². The van der Waals surface area contributed by atoms with Crippen LogP contribution in [-0.2, 0) is 0 Å². The number of halogens is 1. The van der Waals surface area contributed by atoms with Crippen LogP contribution in [0, 0.1) is 6.92 Å².